The van der Waals surface area contributed by atoms with Gasteiger partial charge in [-0.2, -0.15) is 0 Å². The molecule has 1 aromatic heterocycles. The number of hydrogen-bond donors (Lipinski definition) is 1. The summed E-state index contributed by atoms with van der Waals surface area (Å²) in [6, 6.07) is 21.5. The quantitative estimate of drug-likeness (QED) is 0.585. The highest BCUT2D eigenvalue weighted by Gasteiger charge is 2.53. The van der Waals surface area contributed by atoms with Crippen LogP contribution in [0.5, 0.6) is 5.75 Å². The fourth-order valence-electron chi connectivity index (χ4n) is 5.76. The highest BCUT2D eigenvalue weighted by molar-refractivity contribution is 5.97. The third-order valence-electron chi connectivity index (χ3n) is 7.31. The summed E-state index contributed by atoms with van der Waals surface area (Å²) < 4.78 is 7.12. The predicted octanol–water partition coefficient (Wildman–Crippen LogP) is 4.04. The van der Waals surface area contributed by atoms with Gasteiger partial charge in [0.15, 0.2) is 11.4 Å². The summed E-state index contributed by atoms with van der Waals surface area (Å²) in [5.41, 5.74) is 0.926. The lowest BCUT2D eigenvalue weighted by Crippen LogP contribution is -2.72. The number of aromatic nitrogens is 1. The number of fused-ring (bicyclic) bond motifs is 1. The smallest absolute Gasteiger partial charge is 0.278 e. The van der Waals surface area contributed by atoms with E-state index in [0.29, 0.717) is 13.2 Å². The van der Waals surface area contributed by atoms with Crippen molar-refractivity contribution in [3.63, 3.8) is 0 Å². The van der Waals surface area contributed by atoms with Crippen LogP contribution in [0.1, 0.15) is 59.8 Å². The van der Waals surface area contributed by atoms with Crippen LogP contribution in [0.2, 0.25) is 0 Å². The number of methoxy groups -OCH3 is 1. The van der Waals surface area contributed by atoms with E-state index in [-0.39, 0.29) is 17.6 Å². The maximum absolute atomic E-state index is 13.9. The Morgan fingerprint density at radius 3 is 2.09 bits per heavy atom. The van der Waals surface area contributed by atoms with Gasteiger partial charge in [-0.15, -0.1) is 0 Å². The number of carbonyl (C=O) groups excluding carboxylic acids is 1. The van der Waals surface area contributed by atoms with Crippen molar-refractivity contribution in [3.05, 3.63) is 100.0 Å². The summed E-state index contributed by atoms with van der Waals surface area (Å²) in [6.45, 7) is 0.727. The third-order valence-corrected chi connectivity index (χ3v) is 7.31. The molecular weight excluding hydrogens is 442 g/mol. The van der Waals surface area contributed by atoms with Crippen molar-refractivity contribution in [1.29, 1.82) is 0 Å². The van der Waals surface area contributed by atoms with Crippen molar-refractivity contribution in [1.82, 2.24) is 9.58 Å². The van der Waals surface area contributed by atoms with Crippen LogP contribution in [0.15, 0.2) is 77.7 Å². The highest BCUT2D eigenvalue weighted by atomic mass is 16.5. The van der Waals surface area contributed by atoms with Gasteiger partial charge in [-0.25, -0.2) is 0 Å². The summed E-state index contributed by atoms with van der Waals surface area (Å²) in [4.78, 5) is 28.2. The molecule has 3 aromatic rings. The van der Waals surface area contributed by atoms with Crippen LogP contribution >= 0.6 is 0 Å². The van der Waals surface area contributed by atoms with Crippen molar-refractivity contribution in [2.24, 2.45) is 0 Å². The Labute approximate surface area is 205 Å². The zero-order valence-electron chi connectivity index (χ0n) is 20.0. The minimum atomic E-state index is -0.640. The lowest BCUT2D eigenvalue weighted by molar-refractivity contribution is -0.00508. The number of pyridine rings is 1. The summed E-state index contributed by atoms with van der Waals surface area (Å²) in [5, 5.41) is 13.1. The number of amides is 1. The van der Waals surface area contributed by atoms with Gasteiger partial charge in [-0.3, -0.25) is 19.3 Å². The fourth-order valence-corrected chi connectivity index (χ4v) is 5.76. The second-order valence-electron chi connectivity index (χ2n) is 9.28. The standard InChI is InChI=1S/C28H31N3O4/c1-35-20-19-29-27(34)25-26(33)23(32)15-18-30(25)31(28(29)16-9-4-10-17-28)24(21-11-5-2-6-12-21)22-13-7-3-8-14-22/h2-3,5-8,11-15,18,24,33H,4,9-10,16-17,19-20H2,1H3. The van der Waals surface area contributed by atoms with Gasteiger partial charge in [0.25, 0.3) is 5.91 Å². The van der Waals surface area contributed by atoms with E-state index in [0.717, 1.165) is 43.2 Å². The van der Waals surface area contributed by atoms with Crippen molar-refractivity contribution in [2.75, 3.05) is 25.3 Å². The maximum Gasteiger partial charge on any atom is 0.278 e. The van der Waals surface area contributed by atoms with Gasteiger partial charge in [0.1, 0.15) is 5.66 Å². The molecule has 0 bridgehead atoms. The van der Waals surface area contributed by atoms with Gasteiger partial charge in [0.05, 0.1) is 12.6 Å². The first kappa shape index (κ1) is 23.2. The van der Waals surface area contributed by atoms with Crippen LogP contribution in [0.3, 0.4) is 0 Å². The Balaban J connectivity index is 1.82. The SMILES string of the molecule is COCCN1C(=O)c2c(O)c(=O)ccn2N(C(c2ccccc2)c2ccccc2)C12CCCCC2. The second kappa shape index (κ2) is 9.58. The maximum atomic E-state index is 13.9. The van der Waals surface area contributed by atoms with Gasteiger partial charge < -0.3 is 14.7 Å². The van der Waals surface area contributed by atoms with Gasteiger partial charge in [0.2, 0.25) is 5.43 Å². The van der Waals surface area contributed by atoms with Gasteiger partial charge in [-0.1, -0.05) is 67.1 Å². The largest absolute Gasteiger partial charge is 0.502 e. The molecule has 35 heavy (non-hydrogen) atoms. The van der Waals surface area contributed by atoms with Crippen molar-refractivity contribution >= 4 is 5.91 Å². The van der Waals surface area contributed by atoms with Crippen LogP contribution in [0, 0.1) is 0 Å². The number of ether oxygens (including phenoxy) is 1. The summed E-state index contributed by atoms with van der Waals surface area (Å²) in [6.07, 6.45) is 6.26. The number of carbonyl (C=O) groups is 1. The Morgan fingerprint density at radius 2 is 1.51 bits per heavy atom. The Kier molecular flexibility index (Phi) is 6.34. The van der Waals surface area contributed by atoms with Gasteiger partial charge >= 0.3 is 0 Å². The summed E-state index contributed by atoms with van der Waals surface area (Å²) in [7, 11) is 1.62. The number of aromatic hydroxyl groups is 1. The zero-order chi connectivity index (χ0) is 24.4. The van der Waals surface area contributed by atoms with E-state index in [2.05, 4.69) is 29.3 Å². The predicted molar refractivity (Wildman–Crippen MR) is 134 cm³/mol. The van der Waals surface area contributed by atoms with E-state index in [9.17, 15) is 14.7 Å². The van der Waals surface area contributed by atoms with E-state index in [1.807, 2.05) is 41.3 Å². The molecule has 1 N–H and O–H groups in total. The average Bonchev–Trinajstić information content (AvgIpc) is 2.90. The summed E-state index contributed by atoms with van der Waals surface area (Å²) >= 11 is 0. The minimum absolute atomic E-state index is 0.00154. The molecule has 1 aliphatic carbocycles. The van der Waals surface area contributed by atoms with Gasteiger partial charge in [0, 0.05) is 25.9 Å². The topological polar surface area (TPSA) is 75.0 Å². The van der Waals surface area contributed by atoms with E-state index in [1.165, 1.54) is 6.07 Å². The molecule has 0 unspecified atom stereocenters. The van der Waals surface area contributed by atoms with E-state index in [4.69, 9.17) is 4.74 Å². The van der Waals surface area contributed by atoms with Crippen LogP contribution in [0.25, 0.3) is 0 Å². The first-order valence-electron chi connectivity index (χ1n) is 12.2. The fraction of sp³-hybridized carbons (Fsp3) is 0.357. The number of hydrogen-bond acceptors (Lipinski definition) is 5. The molecule has 0 atom stereocenters. The Hall–Kier alpha value is -3.58. The van der Waals surface area contributed by atoms with Gasteiger partial charge in [-0.05, 0) is 36.8 Å². The lowest BCUT2D eigenvalue weighted by atomic mass is 9.83. The van der Waals surface area contributed by atoms with Crippen LogP contribution < -0.4 is 10.4 Å². The number of rotatable bonds is 6. The van der Waals surface area contributed by atoms with E-state index in [1.54, 1.807) is 18.0 Å². The normalized spacial score (nSPS) is 17.1. The molecule has 7 nitrogen and oxygen atoms in total. The van der Waals surface area contributed by atoms with E-state index >= 15 is 0 Å². The van der Waals surface area contributed by atoms with Crippen LogP contribution in [-0.2, 0) is 4.74 Å². The van der Waals surface area contributed by atoms with Crippen LogP contribution in [-0.4, -0.2) is 46.5 Å². The van der Waals surface area contributed by atoms with Crippen LogP contribution in [0.4, 0.5) is 0 Å². The molecule has 2 aromatic carbocycles. The van der Waals surface area contributed by atoms with Crippen molar-refractivity contribution in [3.8, 4) is 5.75 Å². The molecular formula is C28H31N3O4. The lowest BCUT2D eigenvalue weighted by Gasteiger charge is -2.59. The molecule has 1 fully saturated rings. The molecule has 0 saturated heterocycles. The molecule has 7 heteroatoms. The first-order chi connectivity index (χ1) is 17.1. The molecule has 2 heterocycles. The van der Waals surface area contributed by atoms with Crippen molar-refractivity contribution < 1.29 is 14.6 Å². The molecule has 1 amide bonds. The molecule has 1 aliphatic heterocycles. The first-order valence-corrected chi connectivity index (χ1v) is 12.2. The molecule has 0 radical (unpaired) electrons. The third kappa shape index (κ3) is 3.90. The number of nitrogens with zero attached hydrogens (tertiary/aromatic N) is 3. The molecule has 2 aliphatic rings. The summed E-state index contributed by atoms with van der Waals surface area (Å²) in [5.74, 6) is -0.856. The zero-order valence-corrected chi connectivity index (χ0v) is 20.0. The number of benzene rings is 2. The molecule has 1 saturated carbocycles. The Morgan fingerprint density at radius 1 is 0.914 bits per heavy atom. The minimum Gasteiger partial charge on any atom is -0.502 e. The second-order valence-corrected chi connectivity index (χ2v) is 9.28. The Bertz CT molecular complexity index is 1200. The highest BCUT2D eigenvalue weighted by Crippen LogP contribution is 2.46. The van der Waals surface area contributed by atoms with E-state index < -0.39 is 16.8 Å². The molecule has 5 rings (SSSR count). The molecule has 182 valence electrons. The monoisotopic (exact) mass is 473 g/mol. The van der Waals surface area contributed by atoms with Crippen molar-refractivity contribution in [2.45, 2.75) is 43.8 Å². The average molecular weight is 474 g/mol. The molecule has 1 spiro atoms.